The largest absolute Gasteiger partial charge is 0.493 e. The van der Waals surface area contributed by atoms with Crippen LogP contribution in [0.25, 0.3) is 0 Å². The number of carbonyl (C=O) groups is 1. The number of anilines is 1. The van der Waals surface area contributed by atoms with Crippen LogP contribution in [0.1, 0.15) is 18.1 Å². The number of carbonyl (C=O) groups excluding carboxylic acids is 1. The topological polar surface area (TPSA) is 77.0 Å². The molecule has 0 aliphatic carbocycles. The molecule has 0 saturated heterocycles. The maximum absolute atomic E-state index is 11.4. The number of methoxy groups -OCH3 is 2. The van der Waals surface area contributed by atoms with Gasteiger partial charge in [0.15, 0.2) is 11.5 Å². The van der Waals surface area contributed by atoms with Crippen molar-refractivity contribution >= 4 is 11.8 Å². The van der Waals surface area contributed by atoms with E-state index in [0.717, 1.165) is 5.56 Å². The summed E-state index contributed by atoms with van der Waals surface area (Å²) in [6.45, 7) is -0.0638. The van der Waals surface area contributed by atoms with Crippen LogP contribution >= 0.6 is 0 Å². The first-order valence-corrected chi connectivity index (χ1v) is 5.54. The van der Waals surface area contributed by atoms with Gasteiger partial charge >= 0.3 is 6.09 Å². The molecule has 1 aliphatic rings. The van der Waals surface area contributed by atoms with Crippen LogP contribution in [0.4, 0.5) is 10.5 Å². The fourth-order valence-electron chi connectivity index (χ4n) is 1.93. The van der Waals surface area contributed by atoms with E-state index < -0.39 is 12.2 Å². The second-order valence-corrected chi connectivity index (χ2v) is 3.83. The summed E-state index contributed by atoms with van der Waals surface area (Å²) in [5.41, 5.74) is 1.38. The maximum Gasteiger partial charge on any atom is 0.412 e. The third-order valence-corrected chi connectivity index (χ3v) is 2.78. The van der Waals surface area contributed by atoms with Crippen molar-refractivity contribution in [2.24, 2.45) is 0 Å². The third kappa shape index (κ3) is 2.19. The molecular weight excluding hydrogens is 238 g/mol. The number of amides is 1. The van der Waals surface area contributed by atoms with Crippen LogP contribution in [0.5, 0.6) is 11.5 Å². The summed E-state index contributed by atoms with van der Waals surface area (Å²) in [6.07, 6.45) is -0.665. The van der Waals surface area contributed by atoms with E-state index in [-0.39, 0.29) is 6.61 Å². The van der Waals surface area contributed by atoms with Gasteiger partial charge in [0.2, 0.25) is 0 Å². The van der Waals surface area contributed by atoms with Crippen LogP contribution < -0.4 is 14.8 Å². The minimum atomic E-state index is -0.534. The highest BCUT2D eigenvalue weighted by Crippen LogP contribution is 2.40. The van der Waals surface area contributed by atoms with Gasteiger partial charge in [0.1, 0.15) is 6.10 Å². The molecule has 0 spiro atoms. The number of hydrogen-bond donors (Lipinski definition) is 2. The van der Waals surface area contributed by atoms with Gasteiger partial charge in [-0.15, -0.1) is 0 Å². The van der Waals surface area contributed by atoms with Crippen LogP contribution in [0.3, 0.4) is 0 Å². The van der Waals surface area contributed by atoms with Crippen LogP contribution in [0, 0.1) is 0 Å². The minimum absolute atomic E-state index is 0.0638. The smallest absolute Gasteiger partial charge is 0.412 e. The first-order chi connectivity index (χ1) is 8.69. The summed E-state index contributed by atoms with van der Waals surface area (Å²) in [6, 6.07) is 3.42. The zero-order valence-electron chi connectivity index (χ0n) is 10.2. The van der Waals surface area contributed by atoms with Crippen LogP contribution in [-0.2, 0) is 4.74 Å². The average Bonchev–Trinajstić information content (AvgIpc) is 2.37. The van der Waals surface area contributed by atoms with Crippen molar-refractivity contribution in [3.8, 4) is 11.5 Å². The fourth-order valence-corrected chi connectivity index (χ4v) is 1.93. The fraction of sp³-hybridized carbons (Fsp3) is 0.417. The summed E-state index contributed by atoms with van der Waals surface area (Å²) < 4.78 is 15.5. The standard InChI is InChI=1S/C12H15NO5/c1-16-10-5-7-8(6-11(10)17-2)13-12(15)18-9(7)3-4-14/h5-6,9,14H,3-4H2,1-2H3,(H,13,15). The van der Waals surface area contributed by atoms with Gasteiger partial charge in [-0.1, -0.05) is 0 Å². The Labute approximate surface area is 104 Å². The molecule has 0 radical (unpaired) electrons. The summed E-state index contributed by atoms with van der Waals surface area (Å²) in [5.74, 6) is 1.08. The average molecular weight is 253 g/mol. The van der Waals surface area contributed by atoms with E-state index in [2.05, 4.69) is 5.32 Å². The summed E-state index contributed by atoms with van der Waals surface area (Å²) in [4.78, 5) is 11.4. The number of cyclic esters (lactones) is 1. The van der Waals surface area contributed by atoms with E-state index in [0.29, 0.717) is 23.6 Å². The molecule has 6 nitrogen and oxygen atoms in total. The normalized spacial score (nSPS) is 17.5. The number of aliphatic hydroxyl groups is 1. The molecule has 2 N–H and O–H groups in total. The van der Waals surface area contributed by atoms with Crippen molar-refractivity contribution < 1.29 is 24.1 Å². The van der Waals surface area contributed by atoms with Crippen LogP contribution in [-0.4, -0.2) is 32.0 Å². The van der Waals surface area contributed by atoms with E-state index in [9.17, 15) is 4.79 Å². The number of hydrogen-bond acceptors (Lipinski definition) is 5. The molecule has 2 rings (SSSR count). The lowest BCUT2D eigenvalue weighted by Crippen LogP contribution is -2.25. The molecule has 1 aromatic rings. The van der Waals surface area contributed by atoms with Gasteiger partial charge < -0.3 is 19.3 Å². The Morgan fingerprint density at radius 3 is 2.61 bits per heavy atom. The Balaban J connectivity index is 2.45. The molecule has 1 amide bonds. The van der Waals surface area contributed by atoms with Gasteiger partial charge in [-0.3, -0.25) is 5.32 Å². The van der Waals surface area contributed by atoms with Gasteiger partial charge in [0.25, 0.3) is 0 Å². The van der Waals surface area contributed by atoms with Crippen molar-refractivity contribution in [3.63, 3.8) is 0 Å². The van der Waals surface area contributed by atoms with Crippen molar-refractivity contribution in [1.82, 2.24) is 0 Å². The molecule has 1 aromatic carbocycles. The summed E-state index contributed by atoms with van der Waals surface area (Å²) in [5, 5.41) is 11.6. The van der Waals surface area contributed by atoms with E-state index >= 15 is 0 Å². The second kappa shape index (κ2) is 5.14. The highest BCUT2D eigenvalue weighted by atomic mass is 16.6. The van der Waals surface area contributed by atoms with Crippen LogP contribution in [0.2, 0.25) is 0 Å². The van der Waals surface area contributed by atoms with E-state index in [1.54, 1.807) is 12.1 Å². The molecule has 0 bridgehead atoms. The van der Waals surface area contributed by atoms with Crippen molar-refractivity contribution in [1.29, 1.82) is 0 Å². The Bertz CT molecular complexity index is 460. The van der Waals surface area contributed by atoms with Gasteiger partial charge in [0.05, 0.1) is 19.9 Å². The molecule has 1 unspecified atom stereocenters. The number of fused-ring (bicyclic) bond motifs is 1. The summed E-state index contributed by atoms with van der Waals surface area (Å²) >= 11 is 0. The monoisotopic (exact) mass is 253 g/mol. The SMILES string of the molecule is COc1cc2c(cc1OC)C(CCO)OC(=O)N2. The van der Waals surface area contributed by atoms with Crippen molar-refractivity contribution in [2.45, 2.75) is 12.5 Å². The molecule has 1 heterocycles. The molecular formula is C12H15NO5. The van der Waals surface area contributed by atoms with Crippen LogP contribution in [0.15, 0.2) is 12.1 Å². The summed E-state index contributed by atoms with van der Waals surface area (Å²) in [7, 11) is 3.06. The van der Waals surface area contributed by atoms with E-state index in [1.165, 1.54) is 14.2 Å². The first kappa shape index (κ1) is 12.5. The number of aliphatic hydroxyl groups excluding tert-OH is 1. The molecule has 0 aromatic heterocycles. The Morgan fingerprint density at radius 1 is 1.33 bits per heavy atom. The number of ether oxygens (including phenoxy) is 3. The van der Waals surface area contributed by atoms with E-state index in [1.807, 2.05) is 0 Å². The predicted molar refractivity (Wildman–Crippen MR) is 64.1 cm³/mol. The van der Waals surface area contributed by atoms with Gasteiger partial charge in [-0.25, -0.2) is 4.79 Å². The zero-order valence-corrected chi connectivity index (χ0v) is 10.2. The highest BCUT2D eigenvalue weighted by molar-refractivity contribution is 5.89. The second-order valence-electron chi connectivity index (χ2n) is 3.83. The minimum Gasteiger partial charge on any atom is -0.493 e. The molecule has 1 atom stereocenters. The Hall–Kier alpha value is -1.95. The Kier molecular flexibility index (Phi) is 3.57. The lowest BCUT2D eigenvalue weighted by molar-refractivity contribution is 0.0869. The maximum atomic E-state index is 11.4. The molecule has 98 valence electrons. The van der Waals surface area contributed by atoms with Gasteiger partial charge in [-0.2, -0.15) is 0 Å². The highest BCUT2D eigenvalue weighted by Gasteiger charge is 2.27. The Morgan fingerprint density at radius 2 is 2.00 bits per heavy atom. The molecule has 0 saturated carbocycles. The molecule has 0 fully saturated rings. The predicted octanol–water partition coefficient (Wildman–Crippen LogP) is 1.69. The first-order valence-electron chi connectivity index (χ1n) is 5.54. The number of rotatable bonds is 4. The van der Waals surface area contributed by atoms with Gasteiger partial charge in [-0.05, 0) is 6.07 Å². The van der Waals surface area contributed by atoms with Gasteiger partial charge in [0, 0.05) is 24.7 Å². The number of benzene rings is 1. The number of nitrogens with one attached hydrogen (secondary N) is 1. The quantitative estimate of drug-likeness (QED) is 0.853. The van der Waals surface area contributed by atoms with Crippen molar-refractivity contribution in [3.05, 3.63) is 17.7 Å². The van der Waals surface area contributed by atoms with E-state index in [4.69, 9.17) is 19.3 Å². The lowest BCUT2D eigenvalue weighted by atomic mass is 10.0. The molecule has 6 heteroatoms. The third-order valence-electron chi connectivity index (χ3n) is 2.78. The van der Waals surface area contributed by atoms with Crippen molar-refractivity contribution in [2.75, 3.05) is 26.1 Å². The lowest BCUT2D eigenvalue weighted by Gasteiger charge is -2.26. The zero-order chi connectivity index (χ0) is 13.1. The molecule has 1 aliphatic heterocycles. The molecule has 18 heavy (non-hydrogen) atoms.